The Labute approximate surface area is 154 Å². The van der Waals surface area contributed by atoms with E-state index in [0.29, 0.717) is 17.0 Å². The summed E-state index contributed by atoms with van der Waals surface area (Å²) >= 11 is 0. The predicted molar refractivity (Wildman–Crippen MR) is 100 cm³/mol. The molecule has 0 atom stereocenters. The van der Waals surface area contributed by atoms with Gasteiger partial charge in [0, 0.05) is 24.6 Å². The average molecular weight is 377 g/mol. The molecule has 140 valence electrons. The Bertz CT molecular complexity index is 821. The number of amides is 1. The maximum atomic E-state index is 12.3. The Kier molecular flexibility index (Phi) is 6.70. The van der Waals surface area contributed by atoms with E-state index in [1.165, 1.54) is 0 Å². The number of nitrogens with one attached hydrogen (secondary N) is 1. The Morgan fingerprint density at radius 1 is 1.23 bits per heavy atom. The number of rotatable bonds is 8. The van der Waals surface area contributed by atoms with Gasteiger partial charge in [-0.25, -0.2) is 8.42 Å². The first-order chi connectivity index (χ1) is 12.2. The van der Waals surface area contributed by atoms with Gasteiger partial charge in [0.15, 0.2) is 0 Å². The predicted octanol–water partition coefficient (Wildman–Crippen LogP) is 2.27. The van der Waals surface area contributed by atoms with Gasteiger partial charge in [-0.1, -0.05) is 6.07 Å². The van der Waals surface area contributed by atoms with Crippen molar-refractivity contribution in [2.24, 2.45) is 0 Å². The number of anilines is 1. The molecule has 1 N–H and O–H groups in total. The van der Waals surface area contributed by atoms with Crippen LogP contribution in [0.5, 0.6) is 5.75 Å². The van der Waals surface area contributed by atoms with Crippen molar-refractivity contribution in [3.05, 3.63) is 54.4 Å². The second-order valence-electron chi connectivity index (χ2n) is 6.13. The molecule has 0 saturated carbocycles. The van der Waals surface area contributed by atoms with E-state index < -0.39 is 15.9 Å². The van der Waals surface area contributed by atoms with E-state index >= 15 is 0 Å². The Morgan fingerprint density at radius 2 is 1.92 bits per heavy atom. The minimum Gasteiger partial charge on any atom is -0.491 e. The van der Waals surface area contributed by atoms with Gasteiger partial charge < -0.3 is 10.1 Å². The van der Waals surface area contributed by atoms with Crippen molar-refractivity contribution in [2.75, 3.05) is 18.1 Å². The van der Waals surface area contributed by atoms with Gasteiger partial charge >= 0.3 is 0 Å². The topological polar surface area (TPSA) is 88.6 Å². The summed E-state index contributed by atoms with van der Waals surface area (Å²) in [5, 5.41) is 2.69. The zero-order valence-corrected chi connectivity index (χ0v) is 15.9. The molecule has 1 heterocycles. The van der Waals surface area contributed by atoms with Gasteiger partial charge in [0.05, 0.1) is 18.9 Å². The number of hydrogen-bond acceptors (Lipinski definition) is 5. The zero-order valence-electron chi connectivity index (χ0n) is 15.0. The molecule has 2 rings (SSSR count). The lowest BCUT2D eigenvalue weighted by molar-refractivity contribution is -0.116. The molecule has 0 radical (unpaired) electrons. The lowest BCUT2D eigenvalue weighted by Crippen LogP contribution is -2.36. The van der Waals surface area contributed by atoms with Crippen LogP contribution in [0.15, 0.2) is 48.8 Å². The standard InChI is InChI=1S/C18H23N3O4S/c1-14(2)25-17-8-6-16(7-9-17)20-18(22)13-21(26(3,23)24)12-15-5-4-10-19-11-15/h4-11,14H,12-13H2,1-3H3,(H,20,22). The third-order valence-electron chi connectivity index (χ3n) is 3.38. The van der Waals surface area contributed by atoms with Crippen LogP contribution in [0.2, 0.25) is 0 Å². The van der Waals surface area contributed by atoms with Gasteiger partial charge in [0.2, 0.25) is 15.9 Å². The molecule has 7 nitrogen and oxygen atoms in total. The molecule has 2 aromatic rings. The summed E-state index contributed by atoms with van der Waals surface area (Å²) in [5.74, 6) is 0.282. The molecule has 0 spiro atoms. The molecule has 0 aliphatic carbocycles. The molecule has 0 aliphatic rings. The smallest absolute Gasteiger partial charge is 0.239 e. The summed E-state index contributed by atoms with van der Waals surface area (Å²) in [6.45, 7) is 3.66. The highest BCUT2D eigenvalue weighted by atomic mass is 32.2. The van der Waals surface area contributed by atoms with Crippen molar-refractivity contribution in [1.82, 2.24) is 9.29 Å². The minimum absolute atomic E-state index is 0.0613. The van der Waals surface area contributed by atoms with E-state index in [1.54, 1.807) is 48.8 Å². The van der Waals surface area contributed by atoms with Crippen LogP contribution < -0.4 is 10.1 Å². The van der Waals surface area contributed by atoms with Crippen molar-refractivity contribution < 1.29 is 17.9 Å². The number of benzene rings is 1. The fourth-order valence-corrected chi connectivity index (χ4v) is 2.97. The third-order valence-corrected chi connectivity index (χ3v) is 4.58. The summed E-state index contributed by atoms with van der Waals surface area (Å²) in [6.07, 6.45) is 4.32. The number of sulfonamides is 1. The van der Waals surface area contributed by atoms with E-state index in [9.17, 15) is 13.2 Å². The first kappa shape index (κ1) is 19.9. The van der Waals surface area contributed by atoms with E-state index in [-0.39, 0.29) is 19.2 Å². The number of aromatic nitrogens is 1. The van der Waals surface area contributed by atoms with E-state index in [1.807, 2.05) is 13.8 Å². The van der Waals surface area contributed by atoms with E-state index in [4.69, 9.17) is 4.74 Å². The monoisotopic (exact) mass is 377 g/mol. The summed E-state index contributed by atoms with van der Waals surface area (Å²) in [5.41, 5.74) is 1.28. The SMILES string of the molecule is CC(C)Oc1ccc(NC(=O)CN(Cc2cccnc2)S(C)(=O)=O)cc1. The van der Waals surface area contributed by atoms with Crippen molar-refractivity contribution in [3.8, 4) is 5.75 Å². The number of carbonyl (C=O) groups excluding carboxylic acids is 1. The fourth-order valence-electron chi connectivity index (χ4n) is 2.24. The molecule has 1 aromatic heterocycles. The minimum atomic E-state index is -3.55. The van der Waals surface area contributed by atoms with Gasteiger partial charge in [0.1, 0.15) is 5.75 Å². The fraction of sp³-hybridized carbons (Fsp3) is 0.333. The van der Waals surface area contributed by atoms with Crippen molar-refractivity contribution in [1.29, 1.82) is 0 Å². The number of ether oxygens (including phenoxy) is 1. The van der Waals surface area contributed by atoms with Gasteiger partial charge in [-0.15, -0.1) is 0 Å². The highest BCUT2D eigenvalue weighted by molar-refractivity contribution is 7.88. The number of hydrogen-bond donors (Lipinski definition) is 1. The molecular formula is C18H23N3O4S. The van der Waals surface area contributed by atoms with E-state index in [0.717, 1.165) is 10.6 Å². The molecule has 0 fully saturated rings. The zero-order chi connectivity index (χ0) is 19.2. The molecule has 0 aliphatic heterocycles. The molecule has 0 bridgehead atoms. The molecule has 26 heavy (non-hydrogen) atoms. The van der Waals surface area contributed by atoms with Gasteiger partial charge in [-0.05, 0) is 49.7 Å². The first-order valence-electron chi connectivity index (χ1n) is 8.14. The van der Waals surface area contributed by atoms with Crippen molar-refractivity contribution in [3.63, 3.8) is 0 Å². The second-order valence-corrected chi connectivity index (χ2v) is 8.11. The number of nitrogens with zero attached hydrogens (tertiary/aromatic N) is 2. The summed E-state index contributed by atoms with van der Waals surface area (Å²) < 4.78 is 30.6. The quantitative estimate of drug-likeness (QED) is 0.762. The Hall–Kier alpha value is -2.45. The van der Waals surface area contributed by atoms with Crippen LogP contribution in [-0.4, -0.2) is 42.5 Å². The lowest BCUT2D eigenvalue weighted by atomic mass is 10.3. The highest BCUT2D eigenvalue weighted by Crippen LogP contribution is 2.17. The van der Waals surface area contributed by atoms with Gasteiger partial charge in [-0.3, -0.25) is 9.78 Å². The molecule has 0 saturated heterocycles. The molecule has 1 amide bonds. The maximum absolute atomic E-state index is 12.3. The molecule has 1 aromatic carbocycles. The van der Waals surface area contributed by atoms with Crippen LogP contribution in [0.4, 0.5) is 5.69 Å². The summed E-state index contributed by atoms with van der Waals surface area (Å²) in [7, 11) is -3.55. The van der Waals surface area contributed by atoms with Crippen LogP contribution in [0.25, 0.3) is 0 Å². The Morgan fingerprint density at radius 3 is 2.46 bits per heavy atom. The normalized spacial score (nSPS) is 11.6. The highest BCUT2D eigenvalue weighted by Gasteiger charge is 2.20. The largest absolute Gasteiger partial charge is 0.491 e. The van der Waals surface area contributed by atoms with Crippen LogP contribution in [0.1, 0.15) is 19.4 Å². The van der Waals surface area contributed by atoms with Crippen molar-refractivity contribution in [2.45, 2.75) is 26.5 Å². The third kappa shape index (κ3) is 6.45. The number of pyridine rings is 1. The maximum Gasteiger partial charge on any atom is 0.239 e. The van der Waals surface area contributed by atoms with Crippen LogP contribution in [0, 0.1) is 0 Å². The van der Waals surface area contributed by atoms with Crippen LogP contribution in [0.3, 0.4) is 0 Å². The first-order valence-corrected chi connectivity index (χ1v) is 9.99. The van der Waals surface area contributed by atoms with Gasteiger partial charge in [-0.2, -0.15) is 4.31 Å². The summed E-state index contributed by atoms with van der Waals surface area (Å²) in [4.78, 5) is 16.2. The lowest BCUT2D eigenvalue weighted by Gasteiger charge is -2.19. The second kappa shape index (κ2) is 8.77. The van der Waals surface area contributed by atoms with Crippen LogP contribution >= 0.6 is 0 Å². The number of carbonyl (C=O) groups is 1. The van der Waals surface area contributed by atoms with Crippen molar-refractivity contribution >= 4 is 21.6 Å². The molecular weight excluding hydrogens is 354 g/mol. The average Bonchev–Trinajstić information content (AvgIpc) is 2.56. The van der Waals surface area contributed by atoms with E-state index in [2.05, 4.69) is 10.3 Å². The van der Waals surface area contributed by atoms with Gasteiger partial charge in [0.25, 0.3) is 0 Å². The molecule has 8 heteroatoms. The van der Waals surface area contributed by atoms with Crippen LogP contribution in [-0.2, 0) is 21.4 Å². The summed E-state index contributed by atoms with van der Waals surface area (Å²) in [6, 6.07) is 10.4. The Balaban J connectivity index is 2.01. The molecule has 0 unspecified atom stereocenters.